The number of aromatic nitrogens is 2. The molecular formula is C11H11N3O2. The number of pyridine rings is 2. The molecule has 0 saturated carbocycles. The number of amides is 1. The van der Waals surface area contributed by atoms with Crippen molar-refractivity contribution in [2.24, 2.45) is 5.73 Å². The third-order valence-corrected chi connectivity index (χ3v) is 1.59. The molecule has 0 aliphatic carbocycles. The van der Waals surface area contributed by atoms with Gasteiger partial charge >= 0.3 is 6.09 Å². The fraction of sp³-hybridized carbons (Fsp3) is 0. The highest BCUT2D eigenvalue weighted by Gasteiger charge is 1.95. The van der Waals surface area contributed by atoms with E-state index in [2.05, 4.69) is 15.7 Å². The van der Waals surface area contributed by atoms with Crippen molar-refractivity contribution in [2.45, 2.75) is 0 Å². The molecule has 0 aromatic carbocycles. The predicted molar refractivity (Wildman–Crippen MR) is 59.7 cm³/mol. The van der Waals surface area contributed by atoms with Crippen LogP contribution < -0.4 is 5.73 Å². The van der Waals surface area contributed by atoms with Gasteiger partial charge in [-0.1, -0.05) is 12.1 Å². The Hall–Kier alpha value is -2.43. The molecule has 0 unspecified atom stereocenters. The van der Waals surface area contributed by atoms with Crippen molar-refractivity contribution in [3.05, 3.63) is 48.8 Å². The summed E-state index contributed by atoms with van der Waals surface area (Å²) in [5.74, 6) is 0. The second-order valence-corrected chi connectivity index (χ2v) is 2.77. The van der Waals surface area contributed by atoms with Gasteiger partial charge in [0.2, 0.25) is 0 Å². The third-order valence-electron chi connectivity index (χ3n) is 1.59. The zero-order valence-corrected chi connectivity index (χ0v) is 8.45. The highest BCUT2D eigenvalue weighted by molar-refractivity contribution is 5.61. The maximum atomic E-state index is 8.78. The number of hydrogen-bond donors (Lipinski definition) is 2. The Kier molecular flexibility index (Phi) is 4.46. The molecule has 0 radical (unpaired) electrons. The van der Waals surface area contributed by atoms with Gasteiger partial charge in [0.15, 0.2) is 0 Å². The molecule has 0 aliphatic heterocycles. The molecule has 0 bridgehead atoms. The van der Waals surface area contributed by atoms with Gasteiger partial charge in [0.05, 0.1) is 11.4 Å². The average Bonchev–Trinajstić information content (AvgIpc) is 2.31. The number of primary amides is 1. The summed E-state index contributed by atoms with van der Waals surface area (Å²) in [4.78, 5) is 17.2. The van der Waals surface area contributed by atoms with Gasteiger partial charge in [-0.25, -0.2) is 4.79 Å². The quantitative estimate of drug-likeness (QED) is 0.761. The van der Waals surface area contributed by atoms with Gasteiger partial charge in [-0.2, -0.15) is 0 Å². The molecule has 5 heteroatoms. The molecule has 2 aromatic rings. The first-order chi connectivity index (χ1) is 7.70. The number of nitrogens with zero attached hydrogens (tertiary/aromatic N) is 2. The van der Waals surface area contributed by atoms with Crippen molar-refractivity contribution < 1.29 is 9.90 Å². The third kappa shape index (κ3) is 4.19. The van der Waals surface area contributed by atoms with Crippen LogP contribution in [0.2, 0.25) is 0 Å². The van der Waals surface area contributed by atoms with Crippen molar-refractivity contribution in [1.29, 1.82) is 0 Å². The van der Waals surface area contributed by atoms with Crippen LogP contribution in [-0.2, 0) is 0 Å². The summed E-state index contributed by atoms with van der Waals surface area (Å²) in [5.41, 5.74) is 5.86. The van der Waals surface area contributed by atoms with Crippen LogP contribution in [-0.4, -0.2) is 21.2 Å². The predicted octanol–water partition coefficient (Wildman–Crippen LogP) is 1.77. The van der Waals surface area contributed by atoms with Crippen LogP contribution in [0.5, 0.6) is 0 Å². The van der Waals surface area contributed by atoms with E-state index in [1.54, 1.807) is 12.4 Å². The number of carboxylic acid groups (broad SMARTS) is 1. The Labute approximate surface area is 92.6 Å². The largest absolute Gasteiger partial charge is 0.465 e. The van der Waals surface area contributed by atoms with E-state index in [9.17, 15) is 0 Å². The van der Waals surface area contributed by atoms with Crippen molar-refractivity contribution in [3.63, 3.8) is 0 Å². The van der Waals surface area contributed by atoms with Gasteiger partial charge in [0, 0.05) is 12.4 Å². The number of carbonyl (C=O) groups is 1. The van der Waals surface area contributed by atoms with Crippen LogP contribution >= 0.6 is 0 Å². The second-order valence-electron chi connectivity index (χ2n) is 2.77. The minimum Gasteiger partial charge on any atom is -0.465 e. The zero-order chi connectivity index (χ0) is 11.8. The average molecular weight is 217 g/mol. The van der Waals surface area contributed by atoms with Gasteiger partial charge in [-0.3, -0.25) is 9.97 Å². The zero-order valence-electron chi connectivity index (χ0n) is 8.45. The second kappa shape index (κ2) is 6.13. The van der Waals surface area contributed by atoms with E-state index in [4.69, 9.17) is 9.90 Å². The van der Waals surface area contributed by atoms with Crippen molar-refractivity contribution >= 4 is 6.09 Å². The fourth-order valence-corrected chi connectivity index (χ4v) is 1.03. The molecule has 0 atom stereocenters. The summed E-state index contributed by atoms with van der Waals surface area (Å²) in [5, 5.41) is 7.19. The van der Waals surface area contributed by atoms with E-state index in [1.807, 2.05) is 36.4 Å². The van der Waals surface area contributed by atoms with E-state index in [-0.39, 0.29) is 0 Å². The van der Waals surface area contributed by atoms with E-state index in [1.165, 1.54) is 0 Å². The minimum absolute atomic E-state index is 0.915. The molecule has 0 fully saturated rings. The van der Waals surface area contributed by atoms with E-state index in [0.29, 0.717) is 0 Å². The Morgan fingerprint density at radius 3 is 1.62 bits per heavy atom. The molecule has 0 saturated heterocycles. The Morgan fingerprint density at radius 1 is 1.00 bits per heavy atom. The van der Waals surface area contributed by atoms with Crippen molar-refractivity contribution in [3.8, 4) is 11.4 Å². The molecule has 2 aromatic heterocycles. The summed E-state index contributed by atoms with van der Waals surface area (Å²) in [6.07, 6.45) is 2.20. The number of hydrogen-bond acceptors (Lipinski definition) is 3. The summed E-state index contributed by atoms with van der Waals surface area (Å²) in [6.45, 7) is 0. The van der Waals surface area contributed by atoms with Crippen LogP contribution in [0, 0.1) is 0 Å². The summed E-state index contributed by atoms with van der Waals surface area (Å²) < 4.78 is 0. The SMILES string of the molecule is NC(=O)O.c1ccc(-c2ccccn2)nc1. The number of nitrogens with two attached hydrogens (primary N) is 1. The molecule has 2 heterocycles. The highest BCUT2D eigenvalue weighted by Crippen LogP contribution is 2.10. The molecule has 2 rings (SSSR count). The Bertz CT molecular complexity index is 390. The van der Waals surface area contributed by atoms with Crippen LogP contribution in [0.3, 0.4) is 0 Å². The lowest BCUT2D eigenvalue weighted by Gasteiger charge is -1.96. The molecular weight excluding hydrogens is 206 g/mol. The van der Waals surface area contributed by atoms with Crippen LogP contribution in [0.1, 0.15) is 0 Å². The molecule has 5 nitrogen and oxygen atoms in total. The lowest BCUT2D eigenvalue weighted by Crippen LogP contribution is -2.03. The normalized spacial score (nSPS) is 8.75. The highest BCUT2D eigenvalue weighted by atomic mass is 16.4. The first-order valence-electron chi connectivity index (χ1n) is 4.51. The smallest absolute Gasteiger partial charge is 0.402 e. The first-order valence-corrected chi connectivity index (χ1v) is 4.51. The van der Waals surface area contributed by atoms with E-state index < -0.39 is 6.09 Å². The molecule has 16 heavy (non-hydrogen) atoms. The molecule has 1 amide bonds. The first kappa shape index (κ1) is 11.6. The maximum Gasteiger partial charge on any atom is 0.402 e. The lowest BCUT2D eigenvalue weighted by molar-refractivity contribution is 0.205. The van der Waals surface area contributed by atoms with Crippen LogP contribution in [0.15, 0.2) is 48.8 Å². The monoisotopic (exact) mass is 217 g/mol. The lowest BCUT2D eigenvalue weighted by atomic mass is 10.2. The molecule has 0 spiro atoms. The maximum absolute atomic E-state index is 8.78. The standard InChI is InChI=1S/C10H8N2.CH3NO2/c1-3-7-11-9(5-1)10-6-2-4-8-12-10;2-1(3)4/h1-8H;2H2,(H,3,4). The van der Waals surface area contributed by atoms with Crippen LogP contribution in [0.25, 0.3) is 11.4 Å². The molecule has 82 valence electrons. The molecule has 3 N–H and O–H groups in total. The molecule has 0 aliphatic rings. The Balaban J connectivity index is 0.000000280. The van der Waals surface area contributed by atoms with E-state index in [0.717, 1.165) is 11.4 Å². The van der Waals surface area contributed by atoms with Gasteiger partial charge in [0.1, 0.15) is 0 Å². The fourth-order valence-electron chi connectivity index (χ4n) is 1.03. The summed E-state index contributed by atoms with van der Waals surface area (Å²) >= 11 is 0. The van der Waals surface area contributed by atoms with Gasteiger partial charge in [-0.05, 0) is 24.3 Å². The topological polar surface area (TPSA) is 89.1 Å². The van der Waals surface area contributed by atoms with Gasteiger partial charge in [0.25, 0.3) is 0 Å². The van der Waals surface area contributed by atoms with Crippen LogP contribution in [0.4, 0.5) is 4.79 Å². The van der Waals surface area contributed by atoms with Gasteiger partial charge < -0.3 is 10.8 Å². The Morgan fingerprint density at radius 2 is 1.38 bits per heavy atom. The van der Waals surface area contributed by atoms with E-state index >= 15 is 0 Å². The minimum atomic E-state index is -1.33. The summed E-state index contributed by atoms with van der Waals surface area (Å²) in [6, 6.07) is 11.6. The summed E-state index contributed by atoms with van der Waals surface area (Å²) in [7, 11) is 0. The van der Waals surface area contributed by atoms with Crippen molar-refractivity contribution in [2.75, 3.05) is 0 Å². The van der Waals surface area contributed by atoms with Gasteiger partial charge in [-0.15, -0.1) is 0 Å². The number of rotatable bonds is 1. The van der Waals surface area contributed by atoms with Crippen molar-refractivity contribution in [1.82, 2.24) is 9.97 Å².